The third kappa shape index (κ3) is 4.07. The zero-order valence-corrected chi connectivity index (χ0v) is 15.8. The zero-order valence-electron chi connectivity index (χ0n) is 15.8. The molecule has 4 rings (SSSR count). The fourth-order valence-corrected chi connectivity index (χ4v) is 4.63. The highest BCUT2D eigenvalue weighted by molar-refractivity contribution is 6.04. The fraction of sp³-hybridized carbons (Fsp3) is 0.409. The molecule has 28 heavy (non-hydrogen) atoms. The van der Waals surface area contributed by atoms with E-state index in [1.807, 2.05) is 12.1 Å². The molecule has 0 aliphatic heterocycles. The lowest BCUT2D eigenvalue weighted by atomic mass is 9.65. The number of anilines is 2. The Balaban J connectivity index is 1.39. The van der Waals surface area contributed by atoms with Crippen molar-refractivity contribution < 1.29 is 9.59 Å². The van der Waals surface area contributed by atoms with E-state index in [4.69, 9.17) is 5.73 Å². The number of pyridine rings is 1. The molecule has 2 amide bonds. The van der Waals surface area contributed by atoms with Crippen LogP contribution in [0, 0.1) is 17.8 Å². The average Bonchev–Trinajstić information content (AvgIpc) is 2.68. The SMILES string of the molecule is NC1C2CCCC1CC(C(=O)Nc1cccc(NC(=O)c3ccncc3)c1)C2. The maximum atomic E-state index is 12.8. The average molecular weight is 378 g/mol. The number of nitrogens with one attached hydrogen (secondary N) is 2. The quantitative estimate of drug-likeness (QED) is 0.759. The van der Waals surface area contributed by atoms with Crippen molar-refractivity contribution in [2.75, 3.05) is 10.6 Å². The van der Waals surface area contributed by atoms with Crippen LogP contribution in [0.25, 0.3) is 0 Å². The number of hydrogen-bond donors (Lipinski definition) is 3. The molecule has 6 heteroatoms. The van der Waals surface area contributed by atoms with Crippen LogP contribution in [0.15, 0.2) is 48.8 Å². The maximum absolute atomic E-state index is 12.8. The van der Waals surface area contributed by atoms with Crippen molar-refractivity contribution in [3.8, 4) is 0 Å². The van der Waals surface area contributed by atoms with Crippen LogP contribution in [0.4, 0.5) is 11.4 Å². The van der Waals surface area contributed by atoms with Crippen LogP contribution in [-0.4, -0.2) is 22.8 Å². The molecule has 1 aromatic heterocycles. The minimum atomic E-state index is -0.208. The number of aromatic nitrogens is 1. The van der Waals surface area contributed by atoms with Crippen molar-refractivity contribution in [1.29, 1.82) is 0 Å². The summed E-state index contributed by atoms with van der Waals surface area (Å²) < 4.78 is 0. The number of benzene rings is 1. The second-order valence-electron chi connectivity index (χ2n) is 7.96. The first-order valence-electron chi connectivity index (χ1n) is 9.98. The van der Waals surface area contributed by atoms with Crippen LogP contribution in [0.5, 0.6) is 0 Å². The lowest BCUT2D eigenvalue weighted by molar-refractivity contribution is -0.122. The molecule has 1 aromatic carbocycles. The summed E-state index contributed by atoms with van der Waals surface area (Å²) in [6.07, 6.45) is 8.42. The van der Waals surface area contributed by atoms with Crippen molar-refractivity contribution in [2.24, 2.45) is 23.5 Å². The third-order valence-electron chi connectivity index (χ3n) is 6.11. The molecule has 2 aliphatic carbocycles. The smallest absolute Gasteiger partial charge is 0.255 e. The van der Waals surface area contributed by atoms with Crippen LogP contribution >= 0.6 is 0 Å². The second-order valence-corrected chi connectivity index (χ2v) is 7.96. The minimum absolute atomic E-state index is 0.0187. The van der Waals surface area contributed by atoms with Gasteiger partial charge >= 0.3 is 0 Å². The molecule has 0 saturated heterocycles. The Bertz CT molecular complexity index is 841. The third-order valence-corrected chi connectivity index (χ3v) is 6.11. The van der Waals surface area contributed by atoms with Crippen LogP contribution in [0.1, 0.15) is 42.5 Å². The summed E-state index contributed by atoms with van der Waals surface area (Å²) in [4.78, 5) is 29.0. The van der Waals surface area contributed by atoms with E-state index >= 15 is 0 Å². The van der Waals surface area contributed by atoms with E-state index in [-0.39, 0.29) is 23.8 Å². The Morgan fingerprint density at radius 3 is 2.29 bits per heavy atom. The summed E-state index contributed by atoms with van der Waals surface area (Å²) >= 11 is 0. The van der Waals surface area contributed by atoms with Gasteiger partial charge in [-0.05, 0) is 67.9 Å². The topological polar surface area (TPSA) is 97.1 Å². The molecule has 2 saturated carbocycles. The number of carbonyl (C=O) groups excluding carboxylic acids is 2. The highest BCUT2D eigenvalue weighted by atomic mass is 16.2. The van der Waals surface area contributed by atoms with E-state index in [2.05, 4.69) is 15.6 Å². The molecule has 4 N–H and O–H groups in total. The normalized spacial score (nSPS) is 26.3. The number of nitrogens with zero attached hydrogens (tertiary/aromatic N) is 1. The van der Waals surface area contributed by atoms with Crippen molar-refractivity contribution in [3.63, 3.8) is 0 Å². The van der Waals surface area contributed by atoms with E-state index < -0.39 is 0 Å². The molecule has 2 bridgehead atoms. The zero-order chi connectivity index (χ0) is 19.5. The van der Waals surface area contributed by atoms with E-state index in [0.717, 1.165) is 25.7 Å². The predicted molar refractivity (Wildman–Crippen MR) is 109 cm³/mol. The van der Waals surface area contributed by atoms with Crippen molar-refractivity contribution in [1.82, 2.24) is 4.98 Å². The van der Waals surface area contributed by atoms with Gasteiger partial charge in [0.1, 0.15) is 0 Å². The van der Waals surface area contributed by atoms with Gasteiger partial charge in [0.05, 0.1) is 0 Å². The summed E-state index contributed by atoms with van der Waals surface area (Å²) in [6.45, 7) is 0. The Labute approximate surface area is 164 Å². The Kier molecular flexibility index (Phi) is 5.39. The van der Waals surface area contributed by atoms with Crippen LogP contribution < -0.4 is 16.4 Å². The van der Waals surface area contributed by atoms with Gasteiger partial charge in [0, 0.05) is 41.3 Å². The summed E-state index contributed by atoms with van der Waals surface area (Å²) in [6, 6.07) is 10.8. The van der Waals surface area contributed by atoms with Crippen molar-refractivity contribution in [2.45, 2.75) is 38.1 Å². The number of rotatable bonds is 4. The molecule has 2 unspecified atom stereocenters. The van der Waals surface area contributed by atoms with Crippen LogP contribution in [-0.2, 0) is 4.79 Å². The van der Waals surface area contributed by atoms with E-state index in [0.29, 0.717) is 28.8 Å². The first-order valence-corrected chi connectivity index (χ1v) is 9.98. The summed E-state index contributed by atoms with van der Waals surface area (Å²) in [5, 5.41) is 5.88. The van der Waals surface area contributed by atoms with E-state index in [1.165, 1.54) is 6.42 Å². The molecular weight excluding hydrogens is 352 g/mol. The van der Waals surface area contributed by atoms with Gasteiger partial charge in [-0.1, -0.05) is 12.5 Å². The molecule has 146 valence electrons. The predicted octanol–water partition coefficient (Wildman–Crippen LogP) is 3.43. The first-order chi connectivity index (χ1) is 13.6. The van der Waals surface area contributed by atoms with Gasteiger partial charge in [-0.3, -0.25) is 14.6 Å². The van der Waals surface area contributed by atoms with Crippen molar-refractivity contribution >= 4 is 23.2 Å². The molecule has 2 aromatic rings. The largest absolute Gasteiger partial charge is 0.327 e. The number of fused-ring (bicyclic) bond motifs is 2. The highest BCUT2D eigenvalue weighted by Gasteiger charge is 2.40. The first kappa shape index (κ1) is 18.6. The molecule has 0 spiro atoms. The van der Waals surface area contributed by atoms with Gasteiger partial charge in [-0.15, -0.1) is 0 Å². The van der Waals surface area contributed by atoms with Gasteiger partial charge in [-0.2, -0.15) is 0 Å². The lowest BCUT2D eigenvalue weighted by Crippen LogP contribution is -2.48. The number of nitrogens with two attached hydrogens (primary N) is 1. The maximum Gasteiger partial charge on any atom is 0.255 e. The summed E-state index contributed by atoms with van der Waals surface area (Å²) in [5.74, 6) is 0.801. The molecule has 2 aliphatic rings. The van der Waals surface area contributed by atoms with Gasteiger partial charge < -0.3 is 16.4 Å². The summed E-state index contributed by atoms with van der Waals surface area (Å²) in [5.41, 5.74) is 8.21. The van der Waals surface area contributed by atoms with Gasteiger partial charge in [0.15, 0.2) is 0 Å². The van der Waals surface area contributed by atoms with E-state index in [9.17, 15) is 9.59 Å². The molecule has 1 heterocycles. The highest BCUT2D eigenvalue weighted by Crippen LogP contribution is 2.42. The lowest BCUT2D eigenvalue weighted by Gasteiger charge is -2.43. The molecule has 2 atom stereocenters. The number of carbonyl (C=O) groups is 2. The molecule has 2 fully saturated rings. The number of hydrogen-bond acceptors (Lipinski definition) is 4. The summed E-state index contributed by atoms with van der Waals surface area (Å²) in [7, 11) is 0. The van der Waals surface area contributed by atoms with E-state index in [1.54, 1.807) is 36.7 Å². The molecule has 0 radical (unpaired) electrons. The minimum Gasteiger partial charge on any atom is -0.327 e. The Hall–Kier alpha value is -2.73. The Morgan fingerprint density at radius 2 is 1.61 bits per heavy atom. The molecular formula is C22H26N4O2. The second kappa shape index (κ2) is 8.10. The number of amides is 2. The van der Waals surface area contributed by atoms with Gasteiger partial charge in [0.2, 0.25) is 5.91 Å². The monoisotopic (exact) mass is 378 g/mol. The standard InChI is InChI=1S/C22H26N4O2/c23-20-15-3-1-4-16(20)12-17(11-15)22(28)26-19-6-2-5-18(13-19)25-21(27)14-7-9-24-10-8-14/h2,5-10,13,15-17,20H,1,3-4,11-12,23H2,(H,25,27)(H,26,28). The van der Waals surface area contributed by atoms with Gasteiger partial charge in [-0.25, -0.2) is 0 Å². The van der Waals surface area contributed by atoms with Crippen molar-refractivity contribution in [3.05, 3.63) is 54.4 Å². The van der Waals surface area contributed by atoms with Crippen LogP contribution in [0.2, 0.25) is 0 Å². The molecule has 6 nitrogen and oxygen atoms in total. The van der Waals surface area contributed by atoms with Gasteiger partial charge in [0.25, 0.3) is 5.91 Å². The van der Waals surface area contributed by atoms with Crippen LogP contribution in [0.3, 0.4) is 0 Å². The Morgan fingerprint density at radius 1 is 0.964 bits per heavy atom. The fourth-order valence-electron chi connectivity index (χ4n) is 4.63.